The molecule has 1 saturated heterocycles. The van der Waals surface area contributed by atoms with Crippen molar-refractivity contribution in [3.05, 3.63) is 83.1 Å². The van der Waals surface area contributed by atoms with Crippen LogP contribution >= 0.6 is 11.6 Å². The minimum absolute atomic E-state index is 0.0387. The number of nitrogens with zero attached hydrogens (tertiary/aromatic N) is 6. The van der Waals surface area contributed by atoms with Gasteiger partial charge in [0.1, 0.15) is 11.3 Å². The number of halogens is 1. The third-order valence-electron chi connectivity index (χ3n) is 6.70. The molecule has 1 aliphatic rings. The second-order valence-electron chi connectivity index (χ2n) is 8.99. The first-order valence-electron chi connectivity index (χ1n) is 12.0. The highest BCUT2D eigenvalue weighted by Gasteiger charge is 2.31. The number of anilines is 1. The monoisotopic (exact) mass is 497 g/mol. The number of benzene rings is 2. The summed E-state index contributed by atoms with van der Waals surface area (Å²) in [5.74, 6) is 0.487. The van der Waals surface area contributed by atoms with Gasteiger partial charge < -0.3 is 5.32 Å². The number of pyridine rings is 2. The van der Waals surface area contributed by atoms with Gasteiger partial charge in [0, 0.05) is 24.3 Å². The normalized spacial score (nSPS) is 15.9. The van der Waals surface area contributed by atoms with E-state index in [1.54, 1.807) is 29.2 Å². The first kappa shape index (κ1) is 22.6. The van der Waals surface area contributed by atoms with Crippen molar-refractivity contribution in [2.24, 2.45) is 0 Å². The highest BCUT2D eigenvalue weighted by Crippen LogP contribution is 2.33. The lowest BCUT2D eigenvalue weighted by Crippen LogP contribution is -2.49. The summed E-state index contributed by atoms with van der Waals surface area (Å²) in [6.07, 6.45) is 5.32. The van der Waals surface area contributed by atoms with Crippen LogP contribution in [0.2, 0.25) is 5.02 Å². The third-order valence-corrected chi connectivity index (χ3v) is 7.01. The van der Waals surface area contributed by atoms with Gasteiger partial charge in [-0.15, -0.1) is 5.10 Å². The van der Waals surface area contributed by atoms with Crippen LogP contribution < -0.4 is 10.2 Å². The zero-order valence-electron chi connectivity index (χ0n) is 19.7. The largest absolute Gasteiger partial charge is 0.315 e. The summed E-state index contributed by atoms with van der Waals surface area (Å²) >= 11 is 6.75. The average molecular weight is 498 g/mol. The highest BCUT2D eigenvalue weighted by atomic mass is 35.5. The van der Waals surface area contributed by atoms with Crippen LogP contribution in [0, 0.1) is 6.92 Å². The van der Waals surface area contributed by atoms with Crippen molar-refractivity contribution in [3.8, 4) is 5.69 Å². The first-order valence-corrected chi connectivity index (χ1v) is 12.3. The number of hydrogen-bond acceptors (Lipinski definition) is 6. The molecule has 0 saturated carbocycles. The van der Waals surface area contributed by atoms with Crippen molar-refractivity contribution in [3.63, 3.8) is 0 Å². The lowest BCUT2D eigenvalue weighted by Gasteiger charge is -2.35. The Morgan fingerprint density at radius 2 is 2.03 bits per heavy atom. The van der Waals surface area contributed by atoms with Gasteiger partial charge in [-0.25, -0.2) is 9.97 Å². The van der Waals surface area contributed by atoms with Crippen molar-refractivity contribution in [2.45, 2.75) is 25.8 Å². The average Bonchev–Trinajstić information content (AvgIpc) is 3.34. The molecule has 3 aromatic heterocycles. The smallest absolute Gasteiger partial charge is 0.261 e. The number of hydrogen-bond donors (Lipinski definition) is 1. The van der Waals surface area contributed by atoms with Gasteiger partial charge in [0.2, 0.25) is 0 Å². The van der Waals surface area contributed by atoms with Crippen molar-refractivity contribution in [1.29, 1.82) is 0 Å². The zero-order chi connectivity index (χ0) is 24.6. The van der Waals surface area contributed by atoms with Crippen LogP contribution in [0.25, 0.3) is 27.6 Å². The summed E-state index contributed by atoms with van der Waals surface area (Å²) in [5.41, 5.74) is 3.47. The van der Waals surface area contributed by atoms with Gasteiger partial charge in [-0.05, 0) is 73.7 Å². The SMILES string of the molecule is Cc1cccc2ccnc(N(C(=O)c3ccc(-n4nnc5cccnc54)cc3Cl)[C@@H]3CCCNC3)c12. The predicted molar refractivity (Wildman–Crippen MR) is 141 cm³/mol. The number of carbonyl (C=O) groups is 1. The number of piperidine rings is 1. The molecule has 5 aromatic rings. The van der Waals surface area contributed by atoms with E-state index in [0.717, 1.165) is 35.7 Å². The van der Waals surface area contributed by atoms with Crippen molar-refractivity contribution in [1.82, 2.24) is 30.3 Å². The number of fused-ring (bicyclic) bond motifs is 2. The summed E-state index contributed by atoms with van der Waals surface area (Å²) in [7, 11) is 0. The number of carbonyl (C=O) groups excluding carboxylic acids is 1. The maximum absolute atomic E-state index is 14.2. The summed E-state index contributed by atoms with van der Waals surface area (Å²) in [6.45, 7) is 3.69. The van der Waals surface area contributed by atoms with E-state index >= 15 is 0 Å². The molecule has 1 aliphatic heterocycles. The number of nitrogens with one attached hydrogen (secondary N) is 1. The Hall–Kier alpha value is -3.88. The minimum atomic E-state index is -0.176. The van der Waals surface area contributed by atoms with E-state index in [0.29, 0.717) is 39.8 Å². The van der Waals surface area contributed by atoms with E-state index in [4.69, 9.17) is 16.6 Å². The van der Waals surface area contributed by atoms with Crippen LogP contribution in [0.5, 0.6) is 0 Å². The molecule has 8 nitrogen and oxygen atoms in total. The van der Waals surface area contributed by atoms with Gasteiger partial charge in [0.05, 0.1) is 22.3 Å². The summed E-state index contributed by atoms with van der Waals surface area (Å²) in [6, 6.07) is 17.0. The van der Waals surface area contributed by atoms with E-state index in [1.807, 2.05) is 54.3 Å². The molecule has 9 heteroatoms. The van der Waals surface area contributed by atoms with Gasteiger partial charge in [-0.1, -0.05) is 35.0 Å². The zero-order valence-corrected chi connectivity index (χ0v) is 20.5. The summed E-state index contributed by atoms with van der Waals surface area (Å²) in [5, 5.41) is 14.2. The number of amides is 1. The van der Waals surface area contributed by atoms with E-state index in [1.165, 1.54) is 0 Å². The van der Waals surface area contributed by atoms with Crippen LogP contribution in [0.4, 0.5) is 5.82 Å². The Kier molecular flexibility index (Phi) is 5.83. The molecule has 4 heterocycles. The Labute approximate surface area is 212 Å². The number of aromatic nitrogens is 5. The van der Waals surface area contributed by atoms with E-state index in [2.05, 4.69) is 20.6 Å². The molecule has 0 radical (unpaired) electrons. The van der Waals surface area contributed by atoms with Gasteiger partial charge in [-0.3, -0.25) is 9.69 Å². The Balaban J connectivity index is 1.45. The molecule has 0 unspecified atom stereocenters. The van der Waals surface area contributed by atoms with Crippen LogP contribution in [-0.4, -0.2) is 50.0 Å². The Morgan fingerprint density at radius 1 is 1.11 bits per heavy atom. The minimum Gasteiger partial charge on any atom is -0.315 e. The lowest BCUT2D eigenvalue weighted by molar-refractivity contribution is 0.0972. The van der Waals surface area contributed by atoms with E-state index in [9.17, 15) is 4.79 Å². The van der Waals surface area contributed by atoms with Crippen LogP contribution in [0.3, 0.4) is 0 Å². The van der Waals surface area contributed by atoms with Crippen molar-refractivity contribution >= 4 is 45.3 Å². The van der Waals surface area contributed by atoms with Crippen LogP contribution in [0.15, 0.2) is 67.0 Å². The molecule has 0 spiro atoms. The molecule has 1 atom stereocenters. The molecule has 0 aliphatic carbocycles. The van der Waals surface area contributed by atoms with Gasteiger partial charge in [-0.2, -0.15) is 4.68 Å². The molecule has 1 N–H and O–H groups in total. The quantitative estimate of drug-likeness (QED) is 0.386. The molecule has 6 rings (SSSR count). The van der Waals surface area contributed by atoms with Gasteiger partial charge >= 0.3 is 0 Å². The fourth-order valence-corrected chi connectivity index (χ4v) is 5.19. The third kappa shape index (κ3) is 3.88. The summed E-state index contributed by atoms with van der Waals surface area (Å²) < 4.78 is 1.62. The van der Waals surface area contributed by atoms with Crippen LogP contribution in [0.1, 0.15) is 28.8 Å². The maximum Gasteiger partial charge on any atom is 0.261 e. The Bertz CT molecular complexity index is 1590. The summed E-state index contributed by atoms with van der Waals surface area (Å²) in [4.78, 5) is 25.1. The Morgan fingerprint density at radius 3 is 2.86 bits per heavy atom. The molecule has 1 amide bonds. The first-order chi connectivity index (χ1) is 17.6. The maximum atomic E-state index is 14.2. The van der Waals surface area contributed by atoms with Crippen molar-refractivity contribution in [2.75, 3.05) is 18.0 Å². The van der Waals surface area contributed by atoms with Crippen molar-refractivity contribution < 1.29 is 4.79 Å². The highest BCUT2D eigenvalue weighted by molar-refractivity contribution is 6.35. The predicted octanol–water partition coefficient (Wildman–Crippen LogP) is 4.72. The standard InChI is InChI=1S/C27H24ClN7O/c1-17-5-2-6-18-11-14-31-26(24(17)18)34(20-7-3-12-29-16-20)27(36)21-10-9-19(15-22(21)28)35-25-23(32-33-35)8-4-13-30-25/h2,4-6,8-11,13-15,20,29H,3,7,12,16H2,1H3/t20-/m1/s1. The van der Waals surface area contributed by atoms with E-state index in [-0.39, 0.29) is 11.9 Å². The fourth-order valence-electron chi connectivity index (χ4n) is 4.94. The molecule has 36 heavy (non-hydrogen) atoms. The number of rotatable bonds is 4. The second-order valence-corrected chi connectivity index (χ2v) is 9.40. The molecular weight excluding hydrogens is 474 g/mol. The molecule has 180 valence electrons. The molecule has 1 fully saturated rings. The topological polar surface area (TPSA) is 88.8 Å². The lowest BCUT2D eigenvalue weighted by atomic mass is 10.0. The van der Waals surface area contributed by atoms with Gasteiger partial charge in [0.25, 0.3) is 5.91 Å². The second kappa shape index (κ2) is 9.29. The molecular formula is C27H24ClN7O. The number of aryl methyl sites for hydroxylation is 1. The molecule has 0 bridgehead atoms. The fraction of sp³-hybridized carbons (Fsp3) is 0.222. The molecule has 2 aromatic carbocycles. The van der Waals surface area contributed by atoms with Crippen LogP contribution in [-0.2, 0) is 0 Å². The van der Waals surface area contributed by atoms with E-state index < -0.39 is 0 Å². The van der Waals surface area contributed by atoms with Gasteiger partial charge in [0.15, 0.2) is 5.65 Å².